The second kappa shape index (κ2) is 8.81. The summed E-state index contributed by atoms with van der Waals surface area (Å²) >= 11 is 5.82. The number of halogens is 1. The van der Waals surface area contributed by atoms with Crippen LogP contribution in [0, 0.1) is 10.1 Å². The van der Waals surface area contributed by atoms with Crippen LogP contribution in [0.3, 0.4) is 0 Å². The molecule has 3 rings (SSSR count). The maximum absolute atomic E-state index is 12.2. The van der Waals surface area contributed by atoms with Crippen LogP contribution in [0.1, 0.15) is 15.9 Å². The van der Waals surface area contributed by atoms with Crippen LogP contribution in [0.25, 0.3) is 0 Å². The maximum Gasteiger partial charge on any atom is 0.271 e. The van der Waals surface area contributed by atoms with Gasteiger partial charge in [-0.15, -0.1) is 0 Å². The first-order valence-electron chi connectivity index (χ1n) is 8.75. The van der Waals surface area contributed by atoms with Crippen molar-refractivity contribution < 1.29 is 9.72 Å². The molecule has 1 saturated heterocycles. The molecule has 1 fully saturated rings. The number of piperazine rings is 1. The molecule has 28 heavy (non-hydrogen) atoms. The standard InChI is InChI=1S/C19H20ClN5O3/c1-23-8-10-24(11-9-23)18-7-6-17(25(27)28)12-15(18)13-21-22-19(26)14-2-4-16(20)5-3-14/h2-7,12-13H,8-11H2,1H3,(H,22,26)/b21-13-. The van der Waals surface area contributed by atoms with Crippen molar-refractivity contribution >= 4 is 35.1 Å². The molecular formula is C19H20ClN5O3. The molecule has 0 bridgehead atoms. The molecule has 0 saturated carbocycles. The van der Waals surface area contributed by atoms with Crippen LogP contribution in [-0.4, -0.2) is 55.2 Å². The van der Waals surface area contributed by atoms with Gasteiger partial charge in [-0.1, -0.05) is 11.6 Å². The van der Waals surface area contributed by atoms with Gasteiger partial charge in [0.25, 0.3) is 11.6 Å². The van der Waals surface area contributed by atoms with Crippen LogP contribution in [0.4, 0.5) is 11.4 Å². The third kappa shape index (κ3) is 4.85. The first-order chi connectivity index (χ1) is 13.4. The summed E-state index contributed by atoms with van der Waals surface area (Å²) in [5.74, 6) is -0.389. The maximum atomic E-state index is 12.2. The van der Waals surface area contributed by atoms with E-state index in [1.54, 1.807) is 30.3 Å². The molecule has 1 amide bonds. The number of nitrogens with one attached hydrogen (secondary N) is 1. The lowest BCUT2D eigenvalue weighted by Crippen LogP contribution is -2.44. The minimum absolute atomic E-state index is 0.0247. The molecule has 0 atom stereocenters. The summed E-state index contributed by atoms with van der Waals surface area (Å²) in [4.78, 5) is 27.2. The van der Waals surface area contributed by atoms with E-state index >= 15 is 0 Å². The Morgan fingerprint density at radius 1 is 1.18 bits per heavy atom. The van der Waals surface area contributed by atoms with Gasteiger partial charge in [0.1, 0.15) is 0 Å². The van der Waals surface area contributed by atoms with Crippen molar-refractivity contribution in [2.75, 3.05) is 38.1 Å². The van der Waals surface area contributed by atoms with E-state index in [-0.39, 0.29) is 11.6 Å². The molecule has 0 aliphatic carbocycles. The van der Waals surface area contributed by atoms with E-state index in [4.69, 9.17) is 11.6 Å². The summed E-state index contributed by atoms with van der Waals surface area (Å²) in [6.45, 7) is 3.43. The van der Waals surface area contributed by atoms with Gasteiger partial charge in [0.05, 0.1) is 11.1 Å². The number of hydrogen-bond acceptors (Lipinski definition) is 6. The third-order valence-corrected chi connectivity index (χ3v) is 4.79. The third-order valence-electron chi connectivity index (χ3n) is 4.54. The van der Waals surface area contributed by atoms with Crippen molar-refractivity contribution in [1.29, 1.82) is 0 Å². The van der Waals surface area contributed by atoms with Crippen molar-refractivity contribution in [2.24, 2.45) is 5.10 Å². The fourth-order valence-corrected chi connectivity index (χ4v) is 3.05. The number of nitro groups is 1. The number of hydrogen-bond donors (Lipinski definition) is 1. The van der Waals surface area contributed by atoms with Gasteiger partial charge in [0.15, 0.2) is 0 Å². The van der Waals surface area contributed by atoms with Gasteiger partial charge in [0.2, 0.25) is 0 Å². The highest BCUT2D eigenvalue weighted by Gasteiger charge is 2.18. The van der Waals surface area contributed by atoms with Crippen molar-refractivity contribution in [3.05, 3.63) is 68.7 Å². The Morgan fingerprint density at radius 2 is 1.86 bits per heavy atom. The molecular weight excluding hydrogens is 382 g/mol. The molecule has 1 heterocycles. The lowest BCUT2D eigenvalue weighted by atomic mass is 10.1. The average molecular weight is 402 g/mol. The Balaban J connectivity index is 1.79. The zero-order chi connectivity index (χ0) is 20.1. The van der Waals surface area contributed by atoms with E-state index in [1.807, 2.05) is 0 Å². The van der Waals surface area contributed by atoms with E-state index in [9.17, 15) is 14.9 Å². The number of carbonyl (C=O) groups excluding carboxylic acids is 1. The highest BCUT2D eigenvalue weighted by molar-refractivity contribution is 6.30. The number of amides is 1. The van der Waals surface area contributed by atoms with Gasteiger partial charge in [-0.25, -0.2) is 5.43 Å². The van der Waals surface area contributed by atoms with Gasteiger partial charge in [0, 0.05) is 60.1 Å². The highest BCUT2D eigenvalue weighted by atomic mass is 35.5. The summed E-state index contributed by atoms with van der Waals surface area (Å²) in [5.41, 5.74) is 4.26. The summed E-state index contributed by atoms with van der Waals surface area (Å²) < 4.78 is 0. The molecule has 0 aromatic heterocycles. The van der Waals surface area contributed by atoms with Crippen molar-refractivity contribution in [3.63, 3.8) is 0 Å². The van der Waals surface area contributed by atoms with E-state index in [0.717, 1.165) is 31.9 Å². The number of anilines is 1. The normalized spacial score (nSPS) is 15.0. The number of nitro benzene ring substituents is 1. The SMILES string of the molecule is CN1CCN(c2ccc([N+](=O)[O-])cc2/C=N\NC(=O)c2ccc(Cl)cc2)CC1. The Kier molecular flexibility index (Phi) is 6.23. The number of non-ortho nitro benzene ring substituents is 1. The molecule has 146 valence electrons. The molecule has 2 aromatic rings. The quantitative estimate of drug-likeness (QED) is 0.472. The largest absolute Gasteiger partial charge is 0.368 e. The van der Waals surface area contributed by atoms with Gasteiger partial charge in [-0.2, -0.15) is 5.10 Å². The average Bonchev–Trinajstić information content (AvgIpc) is 2.69. The van der Waals surface area contributed by atoms with Gasteiger partial charge < -0.3 is 9.80 Å². The molecule has 0 radical (unpaired) electrons. The second-order valence-corrected chi connectivity index (χ2v) is 6.93. The minimum Gasteiger partial charge on any atom is -0.368 e. The zero-order valence-electron chi connectivity index (χ0n) is 15.3. The van der Waals surface area contributed by atoms with Gasteiger partial charge in [-0.05, 0) is 37.4 Å². The van der Waals surface area contributed by atoms with Gasteiger partial charge >= 0.3 is 0 Å². The van der Waals surface area contributed by atoms with E-state index in [1.165, 1.54) is 18.3 Å². The van der Waals surface area contributed by atoms with Crippen LogP contribution in [0.5, 0.6) is 0 Å². The molecule has 9 heteroatoms. The molecule has 0 spiro atoms. The molecule has 8 nitrogen and oxygen atoms in total. The fourth-order valence-electron chi connectivity index (χ4n) is 2.92. The van der Waals surface area contributed by atoms with Crippen LogP contribution in [-0.2, 0) is 0 Å². The molecule has 2 aromatic carbocycles. The summed E-state index contributed by atoms with van der Waals surface area (Å²) in [5, 5.41) is 15.7. The Hall–Kier alpha value is -2.97. The van der Waals surface area contributed by atoms with Gasteiger partial charge in [-0.3, -0.25) is 14.9 Å². The smallest absolute Gasteiger partial charge is 0.271 e. The Morgan fingerprint density at radius 3 is 2.50 bits per heavy atom. The van der Waals surface area contributed by atoms with E-state index in [0.29, 0.717) is 16.1 Å². The van der Waals surface area contributed by atoms with Crippen LogP contribution < -0.4 is 10.3 Å². The number of rotatable bonds is 5. The second-order valence-electron chi connectivity index (χ2n) is 6.50. The number of likely N-dealkylation sites (N-methyl/N-ethyl adjacent to an activating group) is 1. The number of hydrazone groups is 1. The Bertz CT molecular complexity index is 893. The van der Waals surface area contributed by atoms with E-state index in [2.05, 4.69) is 27.4 Å². The molecule has 0 unspecified atom stereocenters. The summed E-state index contributed by atoms with van der Waals surface area (Å²) in [6, 6.07) is 11.1. The monoisotopic (exact) mass is 401 g/mol. The topological polar surface area (TPSA) is 91.1 Å². The number of carbonyl (C=O) groups is 1. The lowest BCUT2D eigenvalue weighted by molar-refractivity contribution is -0.384. The minimum atomic E-state index is -0.447. The lowest BCUT2D eigenvalue weighted by Gasteiger charge is -2.34. The number of nitrogens with zero attached hydrogens (tertiary/aromatic N) is 4. The predicted octanol–water partition coefficient (Wildman–Crippen LogP) is 2.76. The number of benzene rings is 2. The zero-order valence-corrected chi connectivity index (χ0v) is 16.1. The summed E-state index contributed by atoms with van der Waals surface area (Å²) in [6.07, 6.45) is 1.44. The molecule has 1 N–H and O–H groups in total. The van der Waals surface area contributed by atoms with Crippen molar-refractivity contribution in [1.82, 2.24) is 10.3 Å². The van der Waals surface area contributed by atoms with Crippen molar-refractivity contribution in [3.8, 4) is 0 Å². The highest BCUT2D eigenvalue weighted by Crippen LogP contribution is 2.25. The van der Waals surface area contributed by atoms with Crippen LogP contribution >= 0.6 is 11.6 Å². The molecule has 1 aliphatic rings. The Labute approximate surface area is 167 Å². The summed E-state index contributed by atoms with van der Waals surface area (Å²) in [7, 11) is 2.06. The molecule has 1 aliphatic heterocycles. The van der Waals surface area contributed by atoms with Crippen molar-refractivity contribution in [2.45, 2.75) is 0 Å². The van der Waals surface area contributed by atoms with E-state index < -0.39 is 4.92 Å². The first-order valence-corrected chi connectivity index (χ1v) is 9.13. The first kappa shape index (κ1) is 19.8. The van der Waals surface area contributed by atoms with Crippen LogP contribution in [0.15, 0.2) is 47.6 Å². The fraction of sp³-hybridized carbons (Fsp3) is 0.263. The van der Waals surface area contributed by atoms with Crippen LogP contribution in [0.2, 0.25) is 5.02 Å². The predicted molar refractivity (Wildman–Crippen MR) is 109 cm³/mol.